The average Bonchev–Trinajstić information content (AvgIpc) is 2.57. The van der Waals surface area contributed by atoms with Gasteiger partial charge in [-0.15, -0.1) is 0 Å². The van der Waals surface area contributed by atoms with Crippen molar-refractivity contribution < 1.29 is 4.79 Å². The number of carbonyl (C=O) groups excluding carboxylic acids is 1. The number of likely N-dealkylation sites (tertiary alicyclic amines) is 1. The number of amides is 1. The van der Waals surface area contributed by atoms with Gasteiger partial charge in [-0.1, -0.05) is 37.1 Å². The van der Waals surface area contributed by atoms with Crippen molar-refractivity contribution in [2.45, 2.75) is 58.0 Å². The minimum atomic E-state index is 0.263. The smallest absolute Gasteiger partial charge is 0.236 e. The highest BCUT2D eigenvalue weighted by atomic mass is 16.2. The summed E-state index contributed by atoms with van der Waals surface area (Å²) in [7, 11) is 1.94. The Hall–Kier alpha value is -1.35. The van der Waals surface area contributed by atoms with Crippen molar-refractivity contribution in [3.63, 3.8) is 0 Å². The van der Waals surface area contributed by atoms with Crippen LogP contribution in [0.25, 0.3) is 0 Å². The number of hydrogen-bond acceptors (Lipinski definition) is 2. The third-order valence-corrected chi connectivity index (χ3v) is 5.79. The summed E-state index contributed by atoms with van der Waals surface area (Å²) in [5.74, 6) is 1.10. The Morgan fingerprint density at radius 3 is 2.74 bits per heavy atom. The summed E-state index contributed by atoms with van der Waals surface area (Å²) in [6, 6.07) is 9.01. The second-order valence-electron chi connectivity index (χ2n) is 7.40. The number of nitrogens with zero attached hydrogens (tertiary/aromatic N) is 2. The molecule has 1 heterocycles. The van der Waals surface area contributed by atoms with Gasteiger partial charge in [-0.2, -0.15) is 0 Å². The molecule has 23 heavy (non-hydrogen) atoms. The van der Waals surface area contributed by atoms with E-state index in [9.17, 15) is 4.79 Å². The van der Waals surface area contributed by atoms with Crippen LogP contribution in [0.2, 0.25) is 0 Å². The Labute approximate surface area is 140 Å². The summed E-state index contributed by atoms with van der Waals surface area (Å²) in [5.41, 5.74) is 2.51. The van der Waals surface area contributed by atoms with E-state index in [0.29, 0.717) is 19.1 Å². The maximum atomic E-state index is 12.7. The molecular formula is C20H30N2O. The first-order chi connectivity index (χ1) is 11.1. The Morgan fingerprint density at radius 1 is 1.17 bits per heavy atom. The first-order valence-corrected chi connectivity index (χ1v) is 9.17. The lowest BCUT2D eigenvalue weighted by Gasteiger charge is -2.44. The fourth-order valence-electron chi connectivity index (χ4n) is 4.35. The van der Waals surface area contributed by atoms with Gasteiger partial charge in [0.15, 0.2) is 0 Å². The molecule has 1 amide bonds. The van der Waals surface area contributed by atoms with Gasteiger partial charge in [-0.05, 0) is 56.2 Å². The number of aryl methyl sites for hydroxylation is 1. The van der Waals surface area contributed by atoms with Crippen LogP contribution in [0.4, 0.5) is 0 Å². The molecule has 3 rings (SSSR count). The van der Waals surface area contributed by atoms with E-state index in [2.05, 4.69) is 36.1 Å². The van der Waals surface area contributed by atoms with Crippen molar-refractivity contribution in [1.29, 1.82) is 0 Å². The summed E-state index contributed by atoms with van der Waals surface area (Å²) >= 11 is 0. The summed E-state index contributed by atoms with van der Waals surface area (Å²) in [6.45, 7) is 4.53. The first kappa shape index (κ1) is 16.5. The van der Waals surface area contributed by atoms with Crippen molar-refractivity contribution in [1.82, 2.24) is 9.80 Å². The van der Waals surface area contributed by atoms with Crippen LogP contribution in [0.1, 0.15) is 49.7 Å². The predicted molar refractivity (Wildman–Crippen MR) is 94.2 cm³/mol. The first-order valence-electron chi connectivity index (χ1n) is 9.17. The Bertz CT molecular complexity index is 540. The van der Waals surface area contributed by atoms with Crippen LogP contribution in [0, 0.1) is 12.8 Å². The molecule has 2 atom stereocenters. The maximum absolute atomic E-state index is 12.7. The van der Waals surface area contributed by atoms with Gasteiger partial charge < -0.3 is 4.90 Å². The van der Waals surface area contributed by atoms with Crippen LogP contribution in [-0.2, 0) is 11.3 Å². The molecule has 3 heteroatoms. The molecule has 0 spiro atoms. The maximum Gasteiger partial charge on any atom is 0.236 e. The van der Waals surface area contributed by atoms with Gasteiger partial charge in [-0.3, -0.25) is 9.69 Å². The average molecular weight is 314 g/mol. The predicted octanol–water partition coefficient (Wildman–Crippen LogP) is 3.61. The van der Waals surface area contributed by atoms with E-state index in [4.69, 9.17) is 0 Å². The second kappa shape index (κ2) is 7.48. The van der Waals surface area contributed by atoms with Crippen LogP contribution in [0.5, 0.6) is 0 Å². The topological polar surface area (TPSA) is 23.6 Å². The molecule has 3 nitrogen and oxygen atoms in total. The second-order valence-corrected chi connectivity index (χ2v) is 7.40. The van der Waals surface area contributed by atoms with Gasteiger partial charge >= 0.3 is 0 Å². The molecule has 2 aliphatic rings. The lowest BCUT2D eigenvalue weighted by atomic mass is 9.78. The van der Waals surface area contributed by atoms with E-state index in [1.165, 1.54) is 49.7 Å². The van der Waals surface area contributed by atoms with Gasteiger partial charge in [0.1, 0.15) is 0 Å². The zero-order valence-corrected chi connectivity index (χ0v) is 14.6. The zero-order chi connectivity index (χ0) is 16.2. The van der Waals surface area contributed by atoms with Gasteiger partial charge in [0.2, 0.25) is 5.91 Å². The van der Waals surface area contributed by atoms with Crippen LogP contribution in [0.3, 0.4) is 0 Å². The fraction of sp³-hybridized carbons (Fsp3) is 0.650. The van der Waals surface area contributed by atoms with Gasteiger partial charge in [-0.25, -0.2) is 0 Å². The summed E-state index contributed by atoms with van der Waals surface area (Å²) < 4.78 is 0. The Morgan fingerprint density at radius 2 is 1.91 bits per heavy atom. The van der Waals surface area contributed by atoms with Crippen LogP contribution < -0.4 is 0 Å². The molecular weight excluding hydrogens is 284 g/mol. The molecule has 0 N–H and O–H groups in total. The molecule has 0 aromatic heterocycles. The highest BCUT2D eigenvalue weighted by Crippen LogP contribution is 2.35. The Balaban J connectivity index is 1.58. The highest BCUT2D eigenvalue weighted by molar-refractivity contribution is 5.78. The lowest BCUT2D eigenvalue weighted by molar-refractivity contribution is -0.133. The Kier molecular flexibility index (Phi) is 5.37. The van der Waals surface area contributed by atoms with Crippen LogP contribution >= 0.6 is 0 Å². The van der Waals surface area contributed by atoms with Crippen LogP contribution in [-0.4, -0.2) is 41.9 Å². The molecule has 2 fully saturated rings. The minimum absolute atomic E-state index is 0.263. The van der Waals surface area contributed by atoms with Gasteiger partial charge in [0.05, 0.1) is 6.54 Å². The number of likely N-dealkylation sites (N-methyl/N-ethyl adjacent to an activating group) is 1. The standard InChI is InChI=1S/C20H30N2O/c1-16-8-3-4-10-18(16)14-21(2)20(23)15-22-13-7-11-17-9-5-6-12-19(17)22/h3-4,8,10,17,19H,5-7,9,11-15H2,1-2H3. The summed E-state index contributed by atoms with van der Waals surface area (Å²) in [6.07, 6.45) is 8.01. The van der Waals surface area contributed by atoms with Crippen molar-refractivity contribution in [3.8, 4) is 0 Å². The molecule has 1 aromatic rings. The molecule has 1 saturated carbocycles. The minimum Gasteiger partial charge on any atom is -0.340 e. The molecule has 2 unspecified atom stereocenters. The van der Waals surface area contributed by atoms with Crippen molar-refractivity contribution >= 4 is 5.91 Å². The van der Waals surface area contributed by atoms with Crippen molar-refractivity contribution in [2.24, 2.45) is 5.92 Å². The van der Waals surface area contributed by atoms with E-state index in [1.54, 1.807) is 0 Å². The fourth-order valence-corrected chi connectivity index (χ4v) is 4.35. The number of rotatable bonds is 4. The van der Waals surface area contributed by atoms with Gasteiger partial charge in [0, 0.05) is 19.6 Å². The quantitative estimate of drug-likeness (QED) is 0.847. The highest BCUT2D eigenvalue weighted by Gasteiger charge is 2.34. The van der Waals surface area contributed by atoms with Crippen molar-refractivity contribution in [3.05, 3.63) is 35.4 Å². The third kappa shape index (κ3) is 3.95. The summed E-state index contributed by atoms with van der Waals surface area (Å²) in [4.78, 5) is 17.1. The monoisotopic (exact) mass is 314 g/mol. The third-order valence-electron chi connectivity index (χ3n) is 5.79. The molecule has 1 aromatic carbocycles. The molecule has 1 saturated heterocycles. The SMILES string of the molecule is Cc1ccccc1CN(C)C(=O)CN1CCCC2CCCCC21. The number of fused-ring (bicyclic) bond motifs is 1. The van der Waals surface area contributed by atoms with Gasteiger partial charge in [0.25, 0.3) is 0 Å². The number of carbonyl (C=O) groups is 1. The van der Waals surface area contributed by atoms with E-state index in [1.807, 2.05) is 11.9 Å². The molecule has 0 radical (unpaired) electrons. The normalized spacial score (nSPS) is 25.0. The lowest BCUT2D eigenvalue weighted by Crippen LogP contribution is -2.50. The molecule has 0 bridgehead atoms. The molecule has 1 aliphatic carbocycles. The van der Waals surface area contributed by atoms with E-state index in [-0.39, 0.29) is 5.91 Å². The van der Waals surface area contributed by atoms with E-state index in [0.717, 1.165) is 12.5 Å². The largest absolute Gasteiger partial charge is 0.340 e. The van der Waals surface area contributed by atoms with Crippen molar-refractivity contribution in [2.75, 3.05) is 20.1 Å². The number of piperidine rings is 1. The molecule has 1 aliphatic heterocycles. The van der Waals surface area contributed by atoms with E-state index >= 15 is 0 Å². The number of hydrogen-bond donors (Lipinski definition) is 0. The van der Waals surface area contributed by atoms with E-state index < -0.39 is 0 Å². The summed E-state index contributed by atoms with van der Waals surface area (Å²) in [5, 5.41) is 0. The van der Waals surface area contributed by atoms with Crippen LogP contribution in [0.15, 0.2) is 24.3 Å². The zero-order valence-electron chi connectivity index (χ0n) is 14.6. The molecule has 126 valence electrons. The number of benzene rings is 1.